The lowest BCUT2D eigenvalue weighted by atomic mass is 10.1. The van der Waals surface area contributed by atoms with Crippen molar-refractivity contribution in [2.24, 2.45) is 0 Å². The molecule has 0 spiro atoms. The number of carbonyl (C=O) groups excluding carboxylic acids is 2. The van der Waals surface area contributed by atoms with Crippen molar-refractivity contribution in [2.45, 2.75) is 39.4 Å². The summed E-state index contributed by atoms with van der Waals surface area (Å²) in [6.45, 7) is 10.3. The molecule has 0 aromatic heterocycles. The molecule has 0 aliphatic rings. The van der Waals surface area contributed by atoms with E-state index in [9.17, 15) is 9.59 Å². The molecule has 0 aromatic rings. The quantitative estimate of drug-likeness (QED) is 0.363. The van der Waals surface area contributed by atoms with Crippen molar-refractivity contribution in [3.8, 4) is 0 Å². The first-order valence-corrected chi connectivity index (χ1v) is 6.37. The van der Waals surface area contributed by atoms with Gasteiger partial charge in [0.15, 0.2) is 5.60 Å². The molecule has 0 aliphatic carbocycles. The Morgan fingerprint density at radius 1 is 1.20 bits per heavy atom. The molecule has 0 N–H and O–H groups in total. The zero-order chi connectivity index (χ0) is 15.8. The van der Waals surface area contributed by atoms with Gasteiger partial charge in [0, 0.05) is 12.7 Å². The summed E-state index contributed by atoms with van der Waals surface area (Å²) in [6, 6.07) is 0. The summed E-state index contributed by atoms with van der Waals surface area (Å²) in [6.07, 6.45) is -0.175. The van der Waals surface area contributed by atoms with Crippen LogP contribution in [0.1, 0.15) is 27.7 Å². The standard InChI is InChI=1S/C14H24O6/c1-10(2)12(15)18-7-8-20-14(4,5)13(16)19-9-11(3)17-6/h11H,1,7-9H2,2-6H3. The molecule has 116 valence electrons. The Morgan fingerprint density at radius 3 is 2.30 bits per heavy atom. The largest absolute Gasteiger partial charge is 0.461 e. The van der Waals surface area contributed by atoms with E-state index in [1.165, 1.54) is 7.11 Å². The van der Waals surface area contributed by atoms with Gasteiger partial charge >= 0.3 is 11.9 Å². The number of methoxy groups -OCH3 is 1. The SMILES string of the molecule is C=C(C)C(=O)OCCOC(C)(C)C(=O)OCC(C)OC. The topological polar surface area (TPSA) is 71.1 Å². The van der Waals surface area contributed by atoms with Crippen molar-refractivity contribution in [3.63, 3.8) is 0 Å². The van der Waals surface area contributed by atoms with Crippen LogP contribution in [0.3, 0.4) is 0 Å². The molecule has 1 atom stereocenters. The van der Waals surface area contributed by atoms with E-state index in [4.69, 9.17) is 18.9 Å². The number of ether oxygens (including phenoxy) is 4. The monoisotopic (exact) mass is 288 g/mol. The second kappa shape index (κ2) is 8.71. The third-order valence-corrected chi connectivity index (χ3v) is 2.47. The predicted molar refractivity (Wildman–Crippen MR) is 73.2 cm³/mol. The normalized spacial score (nSPS) is 12.7. The molecular weight excluding hydrogens is 264 g/mol. The highest BCUT2D eigenvalue weighted by atomic mass is 16.6. The van der Waals surface area contributed by atoms with Gasteiger partial charge in [-0.1, -0.05) is 6.58 Å². The van der Waals surface area contributed by atoms with Crippen LogP contribution in [0.4, 0.5) is 0 Å². The molecule has 1 unspecified atom stereocenters. The Labute approximate surface area is 120 Å². The van der Waals surface area contributed by atoms with Crippen molar-refractivity contribution >= 4 is 11.9 Å². The van der Waals surface area contributed by atoms with E-state index in [0.717, 1.165) is 0 Å². The average molecular weight is 288 g/mol. The van der Waals surface area contributed by atoms with E-state index in [1.807, 2.05) is 0 Å². The lowest BCUT2D eigenvalue weighted by Crippen LogP contribution is -2.39. The Kier molecular flexibility index (Phi) is 8.10. The van der Waals surface area contributed by atoms with Crippen LogP contribution in [0.5, 0.6) is 0 Å². The predicted octanol–water partition coefficient (Wildman–Crippen LogP) is 1.48. The van der Waals surface area contributed by atoms with Crippen LogP contribution in [0.25, 0.3) is 0 Å². The van der Waals surface area contributed by atoms with Crippen LogP contribution in [0.2, 0.25) is 0 Å². The van der Waals surface area contributed by atoms with Gasteiger partial charge in [0.1, 0.15) is 13.2 Å². The Morgan fingerprint density at radius 2 is 1.80 bits per heavy atom. The maximum Gasteiger partial charge on any atom is 0.337 e. The molecule has 0 amide bonds. The molecule has 6 nitrogen and oxygen atoms in total. The maximum absolute atomic E-state index is 11.8. The summed E-state index contributed by atoms with van der Waals surface area (Å²) in [5.74, 6) is -0.976. The van der Waals surface area contributed by atoms with Crippen molar-refractivity contribution in [1.82, 2.24) is 0 Å². The third-order valence-electron chi connectivity index (χ3n) is 2.47. The van der Waals surface area contributed by atoms with Gasteiger partial charge in [-0.15, -0.1) is 0 Å². The number of hydrogen-bond acceptors (Lipinski definition) is 6. The molecule has 0 rings (SSSR count). The Bertz CT molecular complexity index is 348. The van der Waals surface area contributed by atoms with E-state index in [2.05, 4.69) is 6.58 Å². The fourth-order valence-electron chi connectivity index (χ4n) is 1.05. The summed E-state index contributed by atoms with van der Waals surface area (Å²) < 4.78 is 20.3. The Hall–Kier alpha value is -1.40. The van der Waals surface area contributed by atoms with Crippen molar-refractivity contribution in [2.75, 3.05) is 26.9 Å². The number of carbonyl (C=O) groups is 2. The number of esters is 2. The number of hydrogen-bond donors (Lipinski definition) is 0. The van der Waals surface area contributed by atoms with Crippen LogP contribution in [-0.4, -0.2) is 50.6 Å². The second-order valence-corrected chi connectivity index (χ2v) is 4.92. The van der Waals surface area contributed by atoms with Gasteiger partial charge in [-0.05, 0) is 27.7 Å². The first kappa shape index (κ1) is 18.6. The fraction of sp³-hybridized carbons (Fsp3) is 0.714. The van der Waals surface area contributed by atoms with Crippen LogP contribution in [0, 0.1) is 0 Å². The molecule has 0 fully saturated rings. The molecule has 0 saturated heterocycles. The highest BCUT2D eigenvalue weighted by Gasteiger charge is 2.30. The fourth-order valence-corrected chi connectivity index (χ4v) is 1.05. The van der Waals surface area contributed by atoms with Crippen LogP contribution in [-0.2, 0) is 28.5 Å². The molecule has 0 saturated carbocycles. The first-order chi connectivity index (χ1) is 9.20. The molecule has 0 bridgehead atoms. The second-order valence-electron chi connectivity index (χ2n) is 4.92. The van der Waals surface area contributed by atoms with Gasteiger partial charge in [-0.3, -0.25) is 0 Å². The summed E-state index contributed by atoms with van der Waals surface area (Å²) in [5, 5.41) is 0. The summed E-state index contributed by atoms with van der Waals surface area (Å²) in [4.78, 5) is 22.9. The van der Waals surface area contributed by atoms with E-state index in [1.54, 1.807) is 27.7 Å². The van der Waals surface area contributed by atoms with E-state index >= 15 is 0 Å². The molecule has 0 radical (unpaired) electrons. The van der Waals surface area contributed by atoms with Gasteiger partial charge in [0.05, 0.1) is 12.7 Å². The smallest absolute Gasteiger partial charge is 0.337 e. The molecule has 0 aliphatic heterocycles. The van der Waals surface area contributed by atoms with Gasteiger partial charge < -0.3 is 18.9 Å². The summed E-state index contributed by atoms with van der Waals surface area (Å²) >= 11 is 0. The minimum atomic E-state index is -1.11. The third kappa shape index (κ3) is 7.25. The zero-order valence-electron chi connectivity index (χ0n) is 12.9. The van der Waals surface area contributed by atoms with Crippen molar-refractivity contribution < 1.29 is 28.5 Å². The molecule has 0 aromatic carbocycles. The van der Waals surface area contributed by atoms with Gasteiger partial charge in [0.2, 0.25) is 0 Å². The van der Waals surface area contributed by atoms with E-state index < -0.39 is 17.5 Å². The lowest BCUT2D eigenvalue weighted by molar-refractivity contribution is -0.173. The van der Waals surface area contributed by atoms with Crippen molar-refractivity contribution in [3.05, 3.63) is 12.2 Å². The van der Waals surface area contributed by atoms with Crippen LogP contribution in [0.15, 0.2) is 12.2 Å². The van der Waals surface area contributed by atoms with Gasteiger partial charge in [-0.25, -0.2) is 9.59 Å². The highest BCUT2D eigenvalue weighted by Crippen LogP contribution is 2.12. The lowest BCUT2D eigenvalue weighted by Gasteiger charge is -2.24. The highest BCUT2D eigenvalue weighted by molar-refractivity contribution is 5.86. The minimum Gasteiger partial charge on any atom is -0.461 e. The molecule has 0 heterocycles. The summed E-state index contributed by atoms with van der Waals surface area (Å²) in [5.41, 5.74) is -0.791. The first-order valence-electron chi connectivity index (χ1n) is 6.37. The van der Waals surface area contributed by atoms with E-state index in [-0.39, 0.29) is 25.9 Å². The summed E-state index contributed by atoms with van der Waals surface area (Å²) in [7, 11) is 1.54. The number of rotatable bonds is 9. The van der Waals surface area contributed by atoms with E-state index in [0.29, 0.717) is 5.57 Å². The van der Waals surface area contributed by atoms with Crippen molar-refractivity contribution in [1.29, 1.82) is 0 Å². The maximum atomic E-state index is 11.8. The Balaban J connectivity index is 4.02. The van der Waals surface area contributed by atoms with Gasteiger partial charge in [0.25, 0.3) is 0 Å². The minimum absolute atomic E-state index is 0.0525. The molecule has 6 heteroatoms. The molecule has 20 heavy (non-hydrogen) atoms. The van der Waals surface area contributed by atoms with Gasteiger partial charge in [-0.2, -0.15) is 0 Å². The van der Waals surface area contributed by atoms with Crippen LogP contribution < -0.4 is 0 Å². The zero-order valence-corrected chi connectivity index (χ0v) is 12.9. The molecular formula is C14H24O6. The van der Waals surface area contributed by atoms with Crippen LogP contribution >= 0.6 is 0 Å². The average Bonchev–Trinajstić information content (AvgIpc) is 2.39.